The van der Waals surface area contributed by atoms with E-state index in [4.69, 9.17) is 0 Å². The van der Waals surface area contributed by atoms with Gasteiger partial charge >= 0.3 is 0 Å². The molecule has 3 aromatic heterocycles. The summed E-state index contributed by atoms with van der Waals surface area (Å²) in [5.74, 6) is 0.329. The van der Waals surface area contributed by atoms with Gasteiger partial charge in [0.15, 0.2) is 0 Å². The molecule has 3 heterocycles. The summed E-state index contributed by atoms with van der Waals surface area (Å²) in [4.78, 5) is 18.3. The van der Waals surface area contributed by atoms with Crippen molar-refractivity contribution in [2.45, 2.75) is 33.1 Å². The van der Waals surface area contributed by atoms with Crippen molar-refractivity contribution in [1.82, 2.24) is 24.8 Å². The first-order valence-corrected chi connectivity index (χ1v) is 11.6. The predicted molar refractivity (Wildman–Crippen MR) is 134 cm³/mol. The fraction of sp³-hybridized carbons (Fsp3) is 0.250. The molecule has 6 heteroatoms. The number of nitrogens with zero attached hydrogens (tertiary/aromatic N) is 5. The van der Waals surface area contributed by atoms with Crippen LogP contribution in [0.1, 0.15) is 28.2 Å². The molecule has 4 aromatic rings. The zero-order chi connectivity index (χ0) is 23.6. The third-order valence-corrected chi connectivity index (χ3v) is 5.70. The summed E-state index contributed by atoms with van der Waals surface area (Å²) in [6.45, 7) is 6.51. The Morgan fingerprint density at radius 2 is 1.09 bits per heavy atom. The van der Waals surface area contributed by atoms with Crippen LogP contribution in [-0.2, 0) is 26.2 Å². The van der Waals surface area contributed by atoms with Gasteiger partial charge in [0.25, 0.3) is 0 Å². The van der Waals surface area contributed by atoms with Gasteiger partial charge in [-0.05, 0) is 49.4 Å². The molecule has 0 unspecified atom stereocenters. The molecule has 174 valence electrons. The van der Waals surface area contributed by atoms with Gasteiger partial charge in [0.2, 0.25) is 0 Å². The van der Waals surface area contributed by atoms with Gasteiger partial charge in [-0.15, -0.1) is 0 Å². The fourth-order valence-electron chi connectivity index (χ4n) is 3.95. The number of pyridine rings is 3. The van der Waals surface area contributed by atoms with Crippen molar-refractivity contribution in [3.05, 3.63) is 120 Å². The monoisotopic (exact) mass is 453 g/mol. The molecule has 0 aliphatic heterocycles. The van der Waals surface area contributed by atoms with E-state index in [9.17, 15) is 5.11 Å². The molecular formula is C28H31N5O. The number of benzene rings is 1. The van der Waals surface area contributed by atoms with Crippen molar-refractivity contribution in [2.75, 3.05) is 13.1 Å². The molecule has 6 nitrogen and oxygen atoms in total. The fourth-order valence-corrected chi connectivity index (χ4v) is 3.95. The van der Waals surface area contributed by atoms with Gasteiger partial charge in [-0.2, -0.15) is 0 Å². The summed E-state index contributed by atoms with van der Waals surface area (Å²) in [5.41, 5.74) is 5.14. The molecule has 0 spiro atoms. The first-order chi connectivity index (χ1) is 16.7. The van der Waals surface area contributed by atoms with E-state index in [0.717, 1.165) is 54.4 Å². The van der Waals surface area contributed by atoms with Crippen LogP contribution in [0.3, 0.4) is 0 Å². The highest BCUT2D eigenvalue weighted by atomic mass is 16.3. The highest BCUT2D eigenvalue weighted by molar-refractivity contribution is 5.35. The lowest BCUT2D eigenvalue weighted by atomic mass is 10.1. The normalized spacial score (nSPS) is 11.3. The number of aromatic nitrogens is 3. The van der Waals surface area contributed by atoms with Crippen molar-refractivity contribution in [2.24, 2.45) is 0 Å². The Kier molecular flexibility index (Phi) is 8.32. The molecule has 4 rings (SSSR count). The van der Waals surface area contributed by atoms with Gasteiger partial charge in [0, 0.05) is 63.4 Å². The lowest BCUT2D eigenvalue weighted by Crippen LogP contribution is -2.34. The van der Waals surface area contributed by atoms with Crippen LogP contribution < -0.4 is 0 Å². The first kappa shape index (κ1) is 23.5. The van der Waals surface area contributed by atoms with Crippen molar-refractivity contribution in [1.29, 1.82) is 0 Å². The largest absolute Gasteiger partial charge is 0.508 e. The van der Waals surface area contributed by atoms with Crippen LogP contribution >= 0.6 is 0 Å². The molecule has 0 atom stereocenters. The van der Waals surface area contributed by atoms with Gasteiger partial charge in [-0.3, -0.25) is 24.8 Å². The molecule has 0 saturated carbocycles. The Morgan fingerprint density at radius 3 is 1.53 bits per heavy atom. The highest BCUT2D eigenvalue weighted by Crippen LogP contribution is 2.21. The minimum absolute atomic E-state index is 0.329. The van der Waals surface area contributed by atoms with Gasteiger partial charge in [-0.1, -0.05) is 35.9 Å². The first-order valence-electron chi connectivity index (χ1n) is 11.6. The summed E-state index contributed by atoms with van der Waals surface area (Å²) in [5, 5.41) is 10.4. The van der Waals surface area contributed by atoms with Gasteiger partial charge < -0.3 is 5.11 Å². The van der Waals surface area contributed by atoms with E-state index < -0.39 is 0 Å². The van der Waals surface area contributed by atoms with Crippen molar-refractivity contribution >= 4 is 0 Å². The van der Waals surface area contributed by atoms with E-state index >= 15 is 0 Å². The average molecular weight is 454 g/mol. The van der Waals surface area contributed by atoms with E-state index in [0.29, 0.717) is 18.8 Å². The molecule has 0 bridgehead atoms. The molecule has 0 aliphatic rings. The Hall–Kier alpha value is -3.61. The van der Waals surface area contributed by atoms with E-state index in [1.165, 1.54) is 0 Å². The zero-order valence-electron chi connectivity index (χ0n) is 19.6. The van der Waals surface area contributed by atoms with E-state index in [1.807, 2.05) is 74.0 Å². The maximum Gasteiger partial charge on any atom is 0.120 e. The third kappa shape index (κ3) is 7.20. The lowest BCUT2D eigenvalue weighted by molar-refractivity contribution is 0.178. The standard InChI is InChI=1S/C28H31N5O/c1-23-11-12-28(34)24(18-23)19-32(20-25-8-2-5-13-29-25)16-17-33(21-26-9-3-6-14-30-26)22-27-10-4-7-15-31-27/h2-15,18,34H,16-17,19-22H2,1H3. The number of hydrogen-bond donors (Lipinski definition) is 1. The lowest BCUT2D eigenvalue weighted by Gasteiger charge is -2.28. The Morgan fingerprint density at radius 1 is 0.618 bits per heavy atom. The Balaban J connectivity index is 1.51. The second-order valence-electron chi connectivity index (χ2n) is 8.52. The SMILES string of the molecule is Cc1ccc(O)c(CN(CCN(Cc2ccccn2)Cc2ccccn2)Cc2ccccn2)c1. The molecule has 1 aromatic carbocycles. The zero-order valence-corrected chi connectivity index (χ0v) is 19.6. The summed E-state index contributed by atoms with van der Waals surface area (Å²) in [6, 6.07) is 23.8. The summed E-state index contributed by atoms with van der Waals surface area (Å²) in [7, 11) is 0. The molecule has 0 amide bonds. The van der Waals surface area contributed by atoms with E-state index in [-0.39, 0.29) is 0 Å². The van der Waals surface area contributed by atoms with Gasteiger partial charge in [0.1, 0.15) is 5.75 Å². The summed E-state index contributed by atoms with van der Waals surface area (Å²) in [6.07, 6.45) is 5.50. The van der Waals surface area contributed by atoms with Crippen LogP contribution in [0.2, 0.25) is 0 Å². The van der Waals surface area contributed by atoms with Crippen molar-refractivity contribution in [3.63, 3.8) is 0 Å². The van der Waals surface area contributed by atoms with Crippen molar-refractivity contribution in [3.8, 4) is 5.75 Å². The number of phenols is 1. The molecule has 0 radical (unpaired) electrons. The number of hydrogen-bond acceptors (Lipinski definition) is 6. The topological polar surface area (TPSA) is 65.4 Å². The Labute approximate surface area is 201 Å². The van der Waals surface area contributed by atoms with Crippen LogP contribution in [0.15, 0.2) is 91.4 Å². The van der Waals surface area contributed by atoms with E-state index in [1.54, 1.807) is 6.07 Å². The quantitative estimate of drug-likeness (QED) is 0.358. The molecular weight excluding hydrogens is 422 g/mol. The number of rotatable bonds is 11. The van der Waals surface area contributed by atoms with Crippen molar-refractivity contribution < 1.29 is 5.11 Å². The molecule has 1 N–H and O–H groups in total. The minimum atomic E-state index is 0.329. The van der Waals surface area contributed by atoms with Gasteiger partial charge in [-0.25, -0.2) is 0 Å². The maximum absolute atomic E-state index is 10.4. The second-order valence-corrected chi connectivity index (χ2v) is 8.52. The van der Waals surface area contributed by atoms with Gasteiger partial charge in [0.05, 0.1) is 17.1 Å². The van der Waals surface area contributed by atoms with E-state index in [2.05, 4.69) is 43.0 Å². The smallest absolute Gasteiger partial charge is 0.120 e. The number of aromatic hydroxyl groups is 1. The molecule has 0 saturated heterocycles. The maximum atomic E-state index is 10.4. The highest BCUT2D eigenvalue weighted by Gasteiger charge is 2.15. The molecule has 0 aliphatic carbocycles. The van der Waals surface area contributed by atoms with Crippen LogP contribution in [0.25, 0.3) is 0 Å². The summed E-state index contributed by atoms with van der Waals surface area (Å²) < 4.78 is 0. The predicted octanol–water partition coefficient (Wildman–Crippen LogP) is 4.59. The van der Waals surface area contributed by atoms with Crippen LogP contribution in [0, 0.1) is 6.92 Å². The molecule has 0 fully saturated rings. The number of phenolic OH excluding ortho intramolecular Hbond substituents is 1. The number of aryl methyl sites for hydroxylation is 1. The van der Waals surface area contributed by atoms with Crippen LogP contribution in [-0.4, -0.2) is 42.9 Å². The minimum Gasteiger partial charge on any atom is -0.508 e. The third-order valence-electron chi connectivity index (χ3n) is 5.70. The van der Waals surface area contributed by atoms with Crippen LogP contribution in [0.5, 0.6) is 5.75 Å². The average Bonchev–Trinajstić information content (AvgIpc) is 2.86. The molecule has 34 heavy (non-hydrogen) atoms. The summed E-state index contributed by atoms with van der Waals surface area (Å²) >= 11 is 0. The Bertz CT molecular complexity index is 1100. The van der Waals surface area contributed by atoms with Crippen LogP contribution in [0.4, 0.5) is 0 Å². The second kappa shape index (κ2) is 12.0.